The quantitative estimate of drug-likeness (QED) is 0.346. The molecule has 1 amide bonds. The van der Waals surface area contributed by atoms with Crippen LogP contribution in [0.15, 0.2) is 24.3 Å². The fourth-order valence-electron chi connectivity index (χ4n) is 3.55. The Morgan fingerprint density at radius 1 is 1.19 bits per heavy atom. The Balaban J connectivity index is 2.42. The summed E-state index contributed by atoms with van der Waals surface area (Å²) >= 11 is -0.275. The van der Waals surface area contributed by atoms with Crippen LogP contribution in [0.5, 0.6) is 0 Å². The Hall–Kier alpha value is -1.99. The smallest absolute Gasteiger partial charge is 0.411 e. The third-order valence-electron chi connectivity index (χ3n) is 5.45. The summed E-state index contributed by atoms with van der Waals surface area (Å²) in [5.41, 5.74) is 2.51. The molecule has 0 aromatic heterocycles. The lowest BCUT2D eigenvalue weighted by molar-refractivity contribution is -0.134. The summed E-state index contributed by atoms with van der Waals surface area (Å²) < 4.78 is 16.8. The molecule has 1 heterocycles. The molecule has 1 aliphatic rings. The lowest BCUT2D eigenvalue weighted by Crippen LogP contribution is -2.51. The van der Waals surface area contributed by atoms with E-state index in [0.717, 1.165) is 16.7 Å². The number of amides is 1. The number of hydrogen-bond acceptors (Lipinski definition) is 5. The monoisotopic (exact) mass is 464 g/mol. The van der Waals surface area contributed by atoms with Crippen molar-refractivity contribution in [2.45, 2.75) is 77.3 Å². The van der Waals surface area contributed by atoms with Crippen LogP contribution in [-0.4, -0.2) is 53.3 Å². The number of esters is 1. The Labute approximate surface area is 195 Å². The second kappa shape index (κ2) is 10.3. The zero-order valence-electron chi connectivity index (χ0n) is 20.9. The highest BCUT2D eigenvalue weighted by Crippen LogP contribution is 2.37. The van der Waals surface area contributed by atoms with Crippen LogP contribution in [0.25, 0.3) is 6.08 Å². The molecule has 1 aromatic carbocycles. The van der Waals surface area contributed by atoms with E-state index in [4.69, 9.17) is 13.7 Å². The average molecular weight is 465 g/mol. The van der Waals surface area contributed by atoms with Gasteiger partial charge in [-0.25, -0.2) is 9.59 Å². The molecule has 178 valence electrons. The zero-order valence-corrected chi connectivity index (χ0v) is 21.7. The molecule has 32 heavy (non-hydrogen) atoms. The minimum absolute atomic E-state index is 0.0172. The first-order chi connectivity index (χ1) is 14.7. The van der Waals surface area contributed by atoms with Gasteiger partial charge in [0, 0.05) is 6.08 Å². The molecule has 2 rings (SSSR count). The molecule has 1 aromatic rings. The van der Waals surface area contributed by atoms with Crippen LogP contribution in [0.1, 0.15) is 71.2 Å². The highest BCUT2D eigenvalue weighted by Gasteiger charge is 2.41. The number of hydrogen-bond donors (Lipinski definition) is 0. The SMILES string of the molecule is COC(=O)/C=C/c1cccc2c1C[C@H](CO[S+](C)C(C)(C)C)N(C(=O)OC(C)(C)C)[C@H]2C. The molecule has 0 saturated heterocycles. The number of ether oxygens (including phenoxy) is 2. The number of rotatable bonds is 5. The number of carbonyl (C=O) groups is 2. The van der Waals surface area contributed by atoms with E-state index in [9.17, 15) is 9.59 Å². The minimum Gasteiger partial charge on any atom is -0.466 e. The fraction of sp³-hybridized carbons (Fsp3) is 0.600. The molecule has 0 N–H and O–H groups in total. The van der Waals surface area contributed by atoms with E-state index in [2.05, 4.69) is 27.0 Å². The van der Waals surface area contributed by atoms with E-state index in [-0.39, 0.29) is 34.1 Å². The summed E-state index contributed by atoms with van der Waals surface area (Å²) in [5, 5.41) is 0. The van der Waals surface area contributed by atoms with E-state index >= 15 is 0 Å². The van der Waals surface area contributed by atoms with Gasteiger partial charge in [-0.3, -0.25) is 4.90 Å². The molecular formula is C25H38NO5S+. The van der Waals surface area contributed by atoms with Gasteiger partial charge < -0.3 is 9.47 Å². The van der Waals surface area contributed by atoms with Crippen molar-refractivity contribution in [2.24, 2.45) is 0 Å². The predicted octanol–water partition coefficient (Wildman–Crippen LogP) is 5.07. The van der Waals surface area contributed by atoms with Crippen molar-refractivity contribution in [1.82, 2.24) is 4.90 Å². The molecule has 7 heteroatoms. The summed E-state index contributed by atoms with van der Waals surface area (Å²) in [7, 11) is 1.36. The Bertz CT molecular complexity index is 853. The summed E-state index contributed by atoms with van der Waals surface area (Å²) in [4.78, 5) is 26.6. The molecule has 1 aliphatic heterocycles. The van der Waals surface area contributed by atoms with Crippen LogP contribution in [-0.2, 0) is 36.0 Å². The molecule has 0 fully saturated rings. The zero-order chi connectivity index (χ0) is 24.3. The molecule has 0 spiro atoms. The van der Waals surface area contributed by atoms with Crippen molar-refractivity contribution in [2.75, 3.05) is 20.0 Å². The Morgan fingerprint density at radius 2 is 1.84 bits per heavy atom. The number of fused-ring (bicyclic) bond motifs is 1. The summed E-state index contributed by atoms with van der Waals surface area (Å²) in [6.07, 6.45) is 5.56. The van der Waals surface area contributed by atoms with Crippen LogP contribution in [0.4, 0.5) is 4.79 Å². The number of carbonyl (C=O) groups excluding carboxylic acids is 2. The first-order valence-electron chi connectivity index (χ1n) is 10.9. The Kier molecular flexibility index (Phi) is 8.45. The summed E-state index contributed by atoms with van der Waals surface area (Å²) in [5.74, 6) is -0.401. The molecule has 0 radical (unpaired) electrons. The fourth-order valence-corrected chi connectivity index (χ4v) is 4.27. The van der Waals surface area contributed by atoms with Crippen LogP contribution < -0.4 is 0 Å². The third kappa shape index (κ3) is 6.75. The van der Waals surface area contributed by atoms with E-state index < -0.39 is 11.6 Å². The van der Waals surface area contributed by atoms with Gasteiger partial charge in [0.25, 0.3) is 0 Å². The highest BCUT2D eigenvalue weighted by atomic mass is 32.2. The largest absolute Gasteiger partial charge is 0.466 e. The van der Waals surface area contributed by atoms with Gasteiger partial charge in [0.05, 0.1) is 19.2 Å². The molecule has 0 bridgehead atoms. The minimum atomic E-state index is -0.589. The normalized spacial score (nSPS) is 20.1. The van der Waals surface area contributed by atoms with Crippen LogP contribution >= 0.6 is 0 Å². The van der Waals surface area contributed by atoms with Crippen LogP contribution in [0, 0.1) is 0 Å². The van der Waals surface area contributed by atoms with E-state index in [0.29, 0.717) is 13.0 Å². The van der Waals surface area contributed by atoms with Crippen molar-refractivity contribution in [1.29, 1.82) is 0 Å². The number of methoxy groups -OCH3 is 1. The molecule has 0 saturated carbocycles. The van der Waals surface area contributed by atoms with Crippen molar-refractivity contribution in [3.05, 3.63) is 41.0 Å². The second-order valence-electron chi connectivity index (χ2n) is 10.0. The van der Waals surface area contributed by atoms with Crippen molar-refractivity contribution >= 4 is 29.3 Å². The van der Waals surface area contributed by atoms with Gasteiger partial charge in [0.15, 0.2) is 4.75 Å². The van der Waals surface area contributed by atoms with Gasteiger partial charge in [-0.1, -0.05) is 18.2 Å². The highest BCUT2D eigenvalue weighted by molar-refractivity contribution is 7.93. The topological polar surface area (TPSA) is 65.1 Å². The van der Waals surface area contributed by atoms with Crippen molar-refractivity contribution in [3.63, 3.8) is 0 Å². The first-order valence-corrected chi connectivity index (χ1v) is 12.5. The molecule has 0 aliphatic carbocycles. The third-order valence-corrected chi connectivity index (χ3v) is 7.67. The van der Waals surface area contributed by atoms with Gasteiger partial charge in [-0.05, 0) is 77.7 Å². The lowest BCUT2D eigenvalue weighted by atomic mass is 9.86. The van der Waals surface area contributed by atoms with Gasteiger partial charge in [0.2, 0.25) is 0 Å². The summed E-state index contributed by atoms with van der Waals surface area (Å²) in [6.45, 7) is 14.5. The van der Waals surface area contributed by atoms with E-state index in [1.165, 1.54) is 13.2 Å². The number of nitrogens with zero attached hydrogens (tertiary/aromatic N) is 1. The van der Waals surface area contributed by atoms with E-state index in [1.54, 1.807) is 11.0 Å². The summed E-state index contributed by atoms with van der Waals surface area (Å²) in [6, 6.07) is 5.58. The van der Waals surface area contributed by atoms with Crippen molar-refractivity contribution in [3.8, 4) is 0 Å². The maximum atomic E-state index is 13.2. The molecular weight excluding hydrogens is 426 g/mol. The van der Waals surface area contributed by atoms with Gasteiger partial charge in [-0.2, -0.15) is 4.18 Å². The second-order valence-corrected chi connectivity index (χ2v) is 12.4. The molecule has 6 nitrogen and oxygen atoms in total. The lowest BCUT2D eigenvalue weighted by Gasteiger charge is -2.42. The standard InChI is InChI=1S/C25H38NO5S/c1-17-20-12-10-11-18(13-14-22(27)29-8)21(20)15-19(16-30-32(9)25(5,6)7)26(17)23(28)31-24(2,3)4/h10-14,17,19H,15-16H2,1-9H3/q+1/b14-13+/t17-,19+,32?/m0/s1. The van der Waals surface area contributed by atoms with Gasteiger partial charge >= 0.3 is 12.1 Å². The Morgan fingerprint density at radius 3 is 2.41 bits per heavy atom. The van der Waals surface area contributed by atoms with Crippen LogP contribution in [0.2, 0.25) is 0 Å². The maximum Gasteiger partial charge on any atom is 0.411 e. The predicted molar refractivity (Wildman–Crippen MR) is 130 cm³/mol. The molecule has 1 unspecified atom stereocenters. The molecule has 3 atom stereocenters. The first kappa shape index (κ1) is 26.3. The van der Waals surface area contributed by atoms with E-state index in [1.807, 2.05) is 45.9 Å². The van der Waals surface area contributed by atoms with Crippen molar-refractivity contribution < 1.29 is 23.2 Å². The van der Waals surface area contributed by atoms with Crippen LogP contribution in [0.3, 0.4) is 0 Å². The average Bonchev–Trinajstić information content (AvgIpc) is 2.68. The van der Waals surface area contributed by atoms with Gasteiger partial charge in [0.1, 0.15) is 29.6 Å². The number of benzene rings is 1. The maximum absolute atomic E-state index is 13.2. The van der Waals surface area contributed by atoms with Gasteiger partial charge in [-0.15, -0.1) is 0 Å².